The summed E-state index contributed by atoms with van der Waals surface area (Å²) in [4.78, 5) is 35.5. The largest absolute Gasteiger partial charge is 0.389 e. The number of hydrogen-bond donors (Lipinski definition) is 2. The monoisotopic (exact) mass is 271 g/mol. The molecule has 1 heterocycles. The van der Waals surface area contributed by atoms with Crippen LogP contribution in [0.4, 0.5) is 0 Å². The Hall–Kier alpha value is -1.93. The molecule has 106 valence electrons. The van der Waals surface area contributed by atoms with Crippen LogP contribution in [0.15, 0.2) is 21.7 Å². The lowest BCUT2D eigenvalue weighted by atomic mass is 10.3. The van der Waals surface area contributed by atoms with Crippen molar-refractivity contribution >= 4 is 5.91 Å². The first-order valence-corrected chi connectivity index (χ1v) is 5.65. The van der Waals surface area contributed by atoms with Crippen molar-refractivity contribution in [2.45, 2.75) is 12.6 Å². The lowest BCUT2D eigenvalue weighted by Gasteiger charge is -2.20. The van der Waals surface area contributed by atoms with E-state index in [1.165, 1.54) is 19.1 Å². The maximum atomic E-state index is 11.8. The highest BCUT2D eigenvalue weighted by Gasteiger charge is 2.14. The maximum Gasteiger partial charge on any atom is 0.265 e. The van der Waals surface area contributed by atoms with Crippen molar-refractivity contribution in [1.82, 2.24) is 14.7 Å². The zero-order valence-electron chi connectivity index (χ0n) is 10.8. The van der Waals surface area contributed by atoms with Crippen LogP contribution in [-0.2, 0) is 16.1 Å². The van der Waals surface area contributed by atoms with Gasteiger partial charge in [0.15, 0.2) is 0 Å². The third-order valence-electron chi connectivity index (χ3n) is 2.45. The fraction of sp³-hybridized carbons (Fsp3) is 0.545. The van der Waals surface area contributed by atoms with Gasteiger partial charge in [-0.1, -0.05) is 0 Å². The highest BCUT2D eigenvalue weighted by molar-refractivity contribution is 5.75. The smallest absolute Gasteiger partial charge is 0.265 e. The summed E-state index contributed by atoms with van der Waals surface area (Å²) < 4.78 is 5.67. The Bertz CT molecular complexity index is 536. The van der Waals surface area contributed by atoms with Crippen LogP contribution in [0.25, 0.3) is 0 Å². The molecule has 1 unspecified atom stereocenters. The second kappa shape index (κ2) is 6.86. The van der Waals surface area contributed by atoms with Crippen LogP contribution in [0.1, 0.15) is 0 Å². The lowest BCUT2D eigenvalue weighted by Crippen LogP contribution is -2.40. The van der Waals surface area contributed by atoms with Gasteiger partial charge in [0.1, 0.15) is 6.54 Å². The van der Waals surface area contributed by atoms with E-state index in [1.54, 1.807) is 0 Å². The van der Waals surface area contributed by atoms with Crippen LogP contribution < -0.4 is 11.1 Å². The summed E-state index contributed by atoms with van der Waals surface area (Å²) in [6.07, 6.45) is -0.800. The number of aliphatic hydroxyl groups is 1. The van der Waals surface area contributed by atoms with Crippen molar-refractivity contribution in [2.24, 2.45) is 0 Å². The molecule has 0 aliphatic heterocycles. The number of nitrogens with one attached hydrogen (secondary N) is 1. The van der Waals surface area contributed by atoms with Gasteiger partial charge >= 0.3 is 0 Å². The Morgan fingerprint density at radius 2 is 2.21 bits per heavy atom. The first kappa shape index (κ1) is 15.1. The van der Waals surface area contributed by atoms with Crippen molar-refractivity contribution in [1.29, 1.82) is 0 Å². The molecular formula is C11H17N3O5. The molecule has 0 saturated carbocycles. The molecule has 0 bridgehead atoms. The second-order valence-corrected chi connectivity index (χ2v) is 4.12. The van der Waals surface area contributed by atoms with E-state index in [0.29, 0.717) is 0 Å². The van der Waals surface area contributed by atoms with Crippen LogP contribution >= 0.6 is 0 Å². The number of aromatic nitrogens is 2. The van der Waals surface area contributed by atoms with Gasteiger partial charge < -0.3 is 14.7 Å². The molecule has 0 fully saturated rings. The molecule has 8 heteroatoms. The Labute approximate surface area is 109 Å². The summed E-state index contributed by atoms with van der Waals surface area (Å²) in [7, 11) is 2.94. The molecule has 1 amide bonds. The van der Waals surface area contributed by atoms with Gasteiger partial charge in [0, 0.05) is 32.8 Å². The molecule has 1 rings (SSSR count). The zero-order valence-corrected chi connectivity index (χ0v) is 10.8. The zero-order chi connectivity index (χ0) is 14.4. The van der Waals surface area contributed by atoms with Gasteiger partial charge in [-0.15, -0.1) is 0 Å². The van der Waals surface area contributed by atoms with E-state index < -0.39 is 23.1 Å². The van der Waals surface area contributed by atoms with E-state index in [4.69, 9.17) is 4.74 Å². The molecule has 19 heavy (non-hydrogen) atoms. The molecule has 8 nitrogen and oxygen atoms in total. The summed E-state index contributed by atoms with van der Waals surface area (Å²) in [5.41, 5.74) is -0.937. The average Bonchev–Trinajstić information content (AvgIpc) is 2.34. The number of nitrogens with zero attached hydrogens (tertiary/aromatic N) is 2. The summed E-state index contributed by atoms with van der Waals surface area (Å²) in [6.45, 7) is -0.0939. The molecule has 1 aromatic heterocycles. The Balaban J connectivity index is 2.66. The second-order valence-electron chi connectivity index (χ2n) is 4.12. The minimum atomic E-state index is -0.800. The third kappa shape index (κ3) is 4.68. The molecule has 0 aliphatic rings. The topological polar surface area (TPSA) is 105 Å². The number of aromatic amines is 1. The average molecular weight is 271 g/mol. The first-order valence-electron chi connectivity index (χ1n) is 5.65. The van der Waals surface area contributed by atoms with Gasteiger partial charge in [0.25, 0.3) is 11.1 Å². The Morgan fingerprint density at radius 1 is 1.53 bits per heavy atom. The Kier molecular flexibility index (Phi) is 5.46. The van der Waals surface area contributed by atoms with Gasteiger partial charge in [-0.3, -0.25) is 19.5 Å². The SMILES string of the molecule is COCC(O)CN(C)C(=O)Cn1[nH]c(=O)ccc1=O. The number of ether oxygens (including phenoxy) is 1. The summed E-state index contributed by atoms with van der Waals surface area (Å²) in [5.74, 6) is -0.404. The van der Waals surface area contributed by atoms with Crippen LogP contribution in [0.5, 0.6) is 0 Å². The summed E-state index contributed by atoms with van der Waals surface area (Å²) in [6, 6.07) is 2.18. The number of carbonyl (C=O) groups is 1. The number of H-pyrrole nitrogens is 1. The highest BCUT2D eigenvalue weighted by Crippen LogP contribution is 1.92. The van der Waals surface area contributed by atoms with E-state index in [1.807, 2.05) is 0 Å². The molecule has 1 aromatic rings. The maximum absolute atomic E-state index is 11.8. The number of methoxy groups -OCH3 is 1. The van der Waals surface area contributed by atoms with Gasteiger partial charge in [0.2, 0.25) is 5.91 Å². The molecule has 0 aromatic carbocycles. The van der Waals surface area contributed by atoms with Crippen LogP contribution in [0, 0.1) is 0 Å². The molecule has 0 radical (unpaired) electrons. The predicted molar refractivity (Wildman–Crippen MR) is 66.8 cm³/mol. The van der Waals surface area contributed by atoms with Crippen molar-refractivity contribution < 1.29 is 14.6 Å². The fourth-order valence-corrected chi connectivity index (χ4v) is 1.50. The molecule has 0 saturated heterocycles. The van der Waals surface area contributed by atoms with Crippen LogP contribution in [0.3, 0.4) is 0 Å². The number of hydrogen-bond acceptors (Lipinski definition) is 5. The quantitative estimate of drug-likeness (QED) is 0.623. The van der Waals surface area contributed by atoms with Gasteiger partial charge in [-0.25, -0.2) is 4.68 Å². The number of likely N-dealkylation sites (N-methyl/N-ethyl adjacent to an activating group) is 1. The highest BCUT2D eigenvalue weighted by atomic mass is 16.5. The third-order valence-corrected chi connectivity index (χ3v) is 2.45. The normalized spacial score (nSPS) is 12.2. The van der Waals surface area contributed by atoms with E-state index >= 15 is 0 Å². The first-order chi connectivity index (χ1) is 8.93. The lowest BCUT2D eigenvalue weighted by molar-refractivity contribution is -0.132. The number of carbonyl (C=O) groups excluding carboxylic acids is 1. The van der Waals surface area contributed by atoms with Gasteiger partial charge in [-0.05, 0) is 0 Å². The number of amides is 1. The van der Waals surface area contributed by atoms with E-state index in [2.05, 4.69) is 5.10 Å². The van der Waals surface area contributed by atoms with Crippen molar-refractivity contribution in [3.05, 3.63) is 32.8 Å². The van der Waals surface area contributed by atoms with Crippen LogP contribution in [0.2, 0.25) is 0 Å². The predicted octanol–water partition coefficient (Wildman–Crippen LogP) is -2.00. The van der Waals surface area contributed by atoms with E-state index in [0.717, 1.165) is 16.8 Å². The molecular weight excluding hydrogens is 254 g/mol. The van der Waals surface area contributed by atoms with Crippen LogP contribution in [-0.4, -0.2) is 59.1 Å². The number of aliphatic hydroxyl groups excluding tert-OH is 1. The summed E-state index contributed by atoms with van der Waals surface area (Å²) >= 11 is 0. The van der Waals surface area contributed by atoms with Gasteiger partial charge in [0.05, 0.1) is 12.7 Å². The van der Waals surface area contributed by atoms with Crippen molar-refractivity contribution in [3.8, 4) is 0 Å². The van der Waals surface area contributed by atoms with Gasteiger partial charge in [-0.2, -0.15) is 0 Å². The van der Waals surface area contributed by atoms with E-state index in [9.17, 15) is 19.5 Å². The molecule has 2 N–H and O–H groups in total. The van der Waals surface area contributed by atoms with Crippen molar-refractivity contribution in [2.75, 3.05) is 27.3 Å². The number of rotatable bonds is 6. The molecule has 0 spiro atoms. The van der Waals surface area contributed by atoms with Crippen molar-refractivity contribution in [3.63, 3.8) is 0 Å². The Morgan fingerprint density at radius 3 is 2.84 bits per heavy atom. The minimum Gasteiger partial charge on any atom is -0.389 e. The molecule has 1 atom stereocenters. The van der Waals surface area contributed by atoms with E-state index in [-0.39, 0.29) is 19.7 Å². The standard InChI is InChI=1S/C11H17N3O5/c1-13(5-8(15)7-19-2)11(18)6-14-10(17)4-3-9(16)12-14/h3-4,8,15H,5-7H2,1-2H3,(H,12,16). The molecule has 0 aliphatic carbocycles. The summed E-state index contributed by atoms with van der Waals surface area (Å²) in [5, 5.41) is 11.7. The fourth-order valence-electron chi connectivity index (χ4n) is 1.50. The minimum absolute atomic E-state index is 0.0818.